The number of nitrogens with one attached hydrogen (secondary N) is 1. The van der Waals surface area contributed by atoms with Gasteiger partial charge in [0.25, 0.3) is 0 Å². The zero-order chi connectivity index (χ0) is 13.5. The highest BCUT2D eigenvalue weighted by Crippen LogP contribution is 2.19. The van der Waals surface area contributed by atoms with Crippen molar-refractivity contribution in [2.75, 3.05) is 23.9 Å². The highest BCUT2D eigenvalue weighted by Gasteiger charge is 2.09. The molecule has 0 fully saturated rings. The molecule has 1 aromatic heterocycles. The smallest absolute Gasteiger partial charge is 0.134 e. The molecule has 5 nitrogen and oxygen atoms in total. The van der Waals surface area contributed by atoms with Crippen LogP contribution in [0.2, 0.25) is 0 Å². The molecule has 102 valence electrons. The summed E-state index contributed by atoms with van der Waals surface area (Å²) in [5, 5.41) is 3.45. The molecule has 2 atom stereocenters. The monoisotopic (exact) mass is 270 g/mol. The molecule has 6 heteroatoms. The van der Waals surface area contributed by atoms with Gasteiger partial charge in [0, 0.05) is 34.4 Å². The van der Waals surface area contributed by atoms with Crippen molar-refractivity contribution >= 4 is 22.4 Å². The van der Waals surface area contributed by atoms with E-state index in [2.05, 4.69) is 22.2 Å². The van der Waals surface area contributed by atoms with Crippen LogP contribution in [0.4, 0.5) is 11.6 Å². The molecule has 0 aliphatic heterocycles. The van der Waals surface area contributed by atoms with Crippen molar-refractivity contribution in [3.8, 4) is 0 Å². The molecule has 3 N–H and O–H groups in total. The zero-order valence-electron chi connectivity index (χ0n) is 11.3. The highest BCUT2D eigenvalue weighted by atomic mass is 32.2. The van der Waals surface area contributed by atoms with E-state index in [0.29, 0.717) is 5.82 Å². The number of hydrogen-bond acceptors (Lipinski definition) is 5. The van der Waals surface area contributed by atoms with Gasteiger partial charge >= 0.3 is 0 Å². The molecule has 0 saturated carbocycles. The Morgan fingerprint density at radius 3 is 2.83 bits per heavy atom. The first-order valence-electron chi connectivity index (χ1n) is 6.21. The summed E-state index contributed by atoms with van der Waals surface area (Å²) >= 11 is 0. The summed E-state index contributed by atoms with van der Waals surface area (Å²) in [5.74, 6) is 1.35. The zero-order valence-corrected chi connectivity index (χ0v) is 12.1. The minimum absolute atomic E-state index is 0.186. The molecule has 0 aliphatic rings. The van der Waals surface area contributed by atoms with Gasteiger partial charge in [-0.05, 0) is 12.8 Å². The molecule has 18 heavy (non-hydrogen) atoms. The third-order valence-corrected chi connectivity index (χ3v) is 4.26. The van der Waals surface area contributed by atoms with Crippen LogP contribution in [0.5, 0.6) is 0 Å². The maximum atomic E-state index is 11.2. The Labute approximate surface area is 111 Å². The normalized spacial score (nSPS) is 14.2. The van der Waals surface area contributed by atoms with Crippen molar-refractivity contribution in [1.82, 2.24) is 9.97 Å². The number of nitrogens with two attached hydrogens (primary N) is 1. The van der Waals surface area contributed by atoms with E-state index in [0.717, 1.165) is 37.2 Å². The Morgan fingerprint density at radius 2 is 2.22 bits per heavy atom. The van der Waals surface area contributed by atoms with Crippen LogP contribution in [0, 0.1) is 0 Å². The second-order valence-electron chi connectivity index (χ2n) is 4.36. The van der Waals surface area contributed by atoms with Crippen LogP contribution in [0.15, 0.2) is 6.33 Å². The van der Waals surface area contributed by atoms with Crippen LogP contribution < -0.4 is 11.1 Å². The van der Waals surface area contributed by atoms with E-state index >= 15 is 0 Å². The van der Waals surface area contributed by atoms with Crippen LogP contribution in [0.1, 0.15) is 32.3 Å². The number of anilines is 2. The Hall–Kier alpha value is -1.17. The van der Waals surface area contributed by atoms with Gasteiger partial charge in [0.2, 0.25) is 0 Å². The molecule has 0 radical (unpaired) electrons. The molecule has 2 unspecified atom stereocenters. The summed E-state index contributed by atoms with van der Waals surface area (Å²) in [5.41, 5.74) is 6.82. The molecular formula is C12H22N4OS. The SMILES string of the molecule is CCCc1c(N)ncnc1NCCC(C)S(C)=O. The van der Waals surface area contributed by atoms with Gasteiger partial charge in [-0.25, -0.2) is 9.97 Å². The summed E-state index contributed by atoms with van der Waals surface area (Å²) in [6.45, 7) is 4.82. The molecule has 1 rings (SSSR count). The maximum absolute atomic E-state index is 11.2. The molecule has 1 heterocycles. The van der Waals surface area contributed by atoms with Crippen molar-refractivity contribution in [2.24, 2.45) is 0 Å². The van der Waals surface area contributed by atoms with E-state index in [9.17, 15) is 4.21 Å². The van der Waals surface area contributed by atoms with Gasteiger partial charge in [-0.1, -0.05) is 20.3 Å². The summed E-state index contributed by atoms with van der Waals surface area (Å²) < 4.78 is 11.2. The standard InChI is InChI=1S/C12H22N4OS/c1-4-5-10-11(13)15-8-16-12(10)14-7-6-9(2)18(3)17/h8-9H,4-7H2,1-3H3,(H3,13,14,15,16). The number of hydrogen-bond donors (Lipinski definition) is 2. The van der Waals surface area contributed by atoms with Crippen LogP contribution in [0.25, 0.3) is 0 Å². The average molecular weight is 270 g/mol. The molecule has 0 saturated heterocycles. The maximum Gasteiger partial charge on any atom is 0.134 e. The topological polar surface area (TPSA) is 80.9 Å². The first-order chi connectivity index (χ1) is 8.56. The van der Waals surface area contributed by atoms with Gasteiger partial charge in [-0.15, -0.1) is 0 Å². The Kier molecular flexibility index (Phi) is 6.04. The van der Waals surface area contributed by atoms with Gasteiger partial charge in [0.15, 0.2) is 0 Å². The summed E-state index contributed by atoms with van der Waals surface area (Å²) in [7, 11) is -0.779. The van der Waals surface area contributed by atoms with Crippen LogP contribution >= 0.6 is 0 Å². The molecule has 1 aromatic rings. The Balaban J connectivity index is 2.61. The Morgan fingerprint density at radius 1 is 1.50 bits per heavy atom. The van der Waals surface area contributed by atoms with Gasteiger partial charge in [0.1, 0.15) is 18.0 Å². The quantitative estimate of drug-likeness (QED) is 0.786. The van der Waals surface area contributed by atoms with E-state index < -0.39 is 10.8 Å². The second-order valence-corrected chi connectivity index (χ2v) is 6.16. The first-order valence-corrected chi connectivity index (χ1v) is 7.83. The summed E-state index contributed by atoms with van der Waals surface area (Å²) in [4.78, 5) is 8.23. The van der Waals surface area contributed by atoms with Crippen molar-refractivity contribution in [1.29, 1.82) is 0 Å². The van der Waals surface area contributed by atoms with E-state index in [1.807, 2.05) is 6.92 Å². The fourth-order valence-electron chi connectivity index (χ4n) is 1.63. The predicted molar refractivity (Wildman–Crippen MR) is 77.1 cm³/mol. The lowest BCUT2D eigenvalue weighted by Crippen LogP contribution is -2.16. The van der Waals surface area contributed by atoms with Crippen LogP contribution in [-0.2, 0) is 17.2 Å². The van der Waals surface area contributed by atoms with Gasteiger partial charge < -0.3 is 11.1 Å². The van der Waals surface area contributed by atoms with Crippen LogP contribution in [-0.4, -0.2) is 32.2 Å². The number of nitrogen functional groups attached to an aromatic ring is 1. The van der Waals surface area contributed by atoms with Crippen molar-refractivity contribution in [3.63, 3.8) is 0 Å². The minimum Gasteiger partial charge on any atom is -0.383 e. The van der Waals surface area contributed by atoms with E-state index in [4.69, 9.17) is 5.73 Å². The lowest BCUT2D eigenvalue weighted by molar-refractivity contribution is 0.672. The van der Waals surface area contributed by atoms with Gasteiger partial charge in [0.05, 0.1) is 0 Å². The second kappa shape index (κ2) is 7.31. The first kappa shape index (κ1) is 14.9. The molecule has 0 amide bonds. The van der Waals surface area contributed by atoms with E-state index in [1.54, 1.807) is 6.26 Å². The Bertz CT molecular complexity index is 411. The lowest BCUT2D eigenvalue weighted by Gasteiger charge is -2.13. The largest absolute Gasteiger partial charge is 0.383 e. The minimum atomic E-state index is -0.779. The van der Waals surface area contributed by atoms with E-state index in [-0.39, 0.29) is 5.25 Å². The van der Waals surface area contributed by atoms with Gasteiger partial charge in [-0.2, -0.15) is 0 Å². The molecule has 0 spiro atoms. The number of aromatic nitrogens is 2. The molecular weight excluding hydrogens is 248 g/mol. The third-order valence-electron chi connectivity index (χ3n) is 2.89. The third kappa shape index (κ3) is 4.25. The molecule has 0 aliphatic carbocycles. The molecule has 0 bridgehead atoms. The summed E-state index contributed by atoms with van der Waals surface area (Å²) in [6.07, 6.45) is 5.92. The lowest BCUT2D eigenvalue weighted by atomic mass is 10.1. The van der Waals surface area contributed by atoms with Gasteiger partial charge in [-0.3, -0.25) is 4.21 Å². The number of rotatable bonds is 7. The highest BCUT2D eigenvalue weighted by molar-refractivity contribution is 7.84. The fourth-order valence-corrected chi connectivity index (χ4v) is 2.08. The van der Waals surface area contributed by atoms with Crippen molar-refractivity contribution in [3.05, 3.63) is 11.9 Å². The average Bonchev–Trinajstić information content (AvgIpc) is 2.33. The number of nitrogens with zero attached hydrogens (tertiary/aromatic N) is 2. The van der Waals surface area contributed by atoms with Crippen LogP contribution in [0.3, 0.4) is 0 Å². The fraction of sp³-hybridized carbons (Fsp3) is 0.667. The molecule has 0 aromatic carbocycles. The van der Waals surface area contributed by atoms with Crippen molar-refractivity contribution in [2.45, 2.75) is 38.4 Å². The van der Waals surface area contributed by atoms with E-state index in [1.165, 1.54) is 6.33 Å². The predicted octanol–water partition coefficient (Wildman–Crippen LogP) is 1.58. The summed E-state index contributed by atoms with van der Waals surface area (Å²) in [6, 6.07) is 0. The van der Waals surface area contributed by atoms with Crippen molar-refractivity contribution < 1.29 is 4.21 Å².